The van der Waals surface area contributed by atoms with E-state index in [4.69, 9.17) is 4.74 Å². The summed E-state index contributed by atoms with van der Waals surface area (Å²) >= 11 is 0. The number of benzene rings is 3. The van der Waals surface area contributed by atoms with Crippen LogP contribution >= 0.6 is 0 Å². The van der Waals surface area contributed by atoms with Gasteiger partial charge in [0, 0.05) is 5.39 Å². The van der Waals surface area contributed by atoms with Crippen molar-refractivity contribution in [2.75, 3.05) is 7.11 Å². The van der Waals surface area contributed by atoms with Gasteiger partial charge in [-0.2, -0.15) is 18.3 Å². The average Bonchev–Trinajstić information content (AvgIpc) is 3.16. The van der Waals surface area contributed by atoms with E-state index in [1.165, 1.54) is 55.8 Å². The Bertz CT molecular complexity index is 1140. The number of aliphatic hydroxyl groups is 1. The maximum atomic E-state index is 14.0. The number of nitrogens with zero attached hydrogens (tertiary/aromatic N) is 2. The number of para-hydroxylation sites is 1. The SMILES string of the molecule is COc1ccc(C(O)(c2ccc3c(cnn3-c3ccccc3)c2)C(F)(F)F)cc1. The summed E-state index contributed by atoms with van der Waals surface area (Å²) in [5.74, 6) is 0.401. The fourth-order valence-electron chi connectivity index (χ4n) is 3.36. The zero-order chi connectivity index (χ0) is 20.6. The number of ether oxygens (including phenoxy) is 1. The Balaban J connectivity index is 1.85. The summed E-state index contributed by atoms with van der Waals surface area (Å²) in [5, 5.41) is 15.6. The largest absolute Gasteiger partial charge is 0.497 e. The molecule has 0 amide bonds. The second-order valence-electron chi connectivity index (χ2n) is 6.60. The molecule has 1 atom stereocenters. The highest BCUT2D eigenvalue weighted by Crippen LogP contribution is 2.45. The summed E-state index contributed by atoms with van der Waals surface area (Å²) in [6.07, 6.45) is -3.44. The van der Waals surface area contributed by atoms with Gasteiger partial charge < -0.3 is 9.84 Å². The van der Waals surface area contributed by atoms with Gasteiger partial charge in [0.2, 0.25) is 5.60 Å². The minimum atomic E-state index is -4.93. The number of hydrogen-bond acceptors (Lipinski definition) is 3. The molecule has 0 aliphatic heterocycles. The van der Waals surface area contributed by atoms with Crippen molar-refractivity contribution >= 4 is 10.9 Å². The molecule has 148 valence electrons. The normalized spacial score (nSPS) is 14.0. The molecule has 1 N–H and O–H groups in total. The van der Waals surface area contributed by atoms with E-state index in [1.807, 2.05) is 30.3 Å². The van der Waals surface area contributed by atoms with Crippen LogP contribution in [-0.4, -0.2) is 28.2 Å². The quantitative estimate of drug-likeness (QED) is 0.536. The molecule has 0 bridgehead atoms. The standard InChI is InChI=1S/C22H17F3N2O2/c1-29-19-10-7-16(8-11-19)21(28,22(23,24)25)17-9-12-20-15(13-17)14-26-27(20)18-5-3-2-4-6-18/h2-14,28H,1H3. The van der Waals surface area contributed by atoms with Crippen molar-refractivity contribution in [3.05, 3.63) is 90.1 Å². The molecule has 0 aliphatic rings. The van der Waals surface area contributed by atoms with Crippen LogP contribution in [-0.2, 0) is 5.60 Å². The zero-order valence-electron chi connectivity index (χ0n) is 15.4. The Morgan fingerprint density at radius 3 is 2.17 bits per heavy atom. The number of methoxy groups -OCH3 is 1. The van der Waals surface area contributed by atoms with Crippen LogP contribution in [0.25, 0.3) is 16.6 Å². The first-order valence-corrected chi connectivity index (χ1v) is 8.82. The number of hydrogen-bond donors (Lipinski definition) is 1. The summed E-state index contributed by atoms with van der Waals surface area (Å²) in [6.45, 7) is 0. The van der Waals surface area contributed by atoms with Crippen molar-refractivity contribution in [1.82, 2.24) is 9.78 Å². The van der Waals surface area contributed by atoms with Gasteiger partial charge in [-0.05, 0) is 47.5 Å². The van der Waals surface area contributed by atoms with Gasteiger partial charge in [-0.3, -0.25) is 0 Å². The van der Waals surface area contributed by atoms with Crippen LogP contribution in [0.2, 0.25) is 0 Å². The third kappa shape index (κ3) is 3.13. The molecular weight excluding hydrogens is 381 g/mol. The van der Waals surface area contributed by atoms with Crippen molar-refractivity contribution in [2.45, 2.75) is 11.8 Å². The van der Waals surface area contributed by atoms with Gasteiger partial charge in [-0.25, -0.2) is 4.68 Å². The molecule has 7 heteroatoms. The van der Waals surface area contributed by atoms with E-state index in [1.54, 1.807) is 4.68 Å². The highest BCUT2D eigenvalue weighted by Gasteiger charge is 2.56. The predicted octanol–water partition coefficient (Wildman–Crippen LogP) is 4.83. The van der Waals surface area contributed by atoms with E-state index >= 15 is 0 Å². The van der Waals surface area contributed by atoms with Gasteiger partial charge in [0.05, 0.1) is 24.5 Å². The molecular formula is C22H17F3N2O2. The van der Waals surface area contributed by atoms with E-state index < -0.39 is 11.8 Å². The highest BCUT2D eigenvalue weighted by molar-refractivity contribution is 5.81. The van der Waals surface area contributed by atoms with E-state index in [0.29, 0.717) is 16.7 Å². The molecule has 0 saturated carbocycles. The second-order valence-corrected chi connectivity index (χ2v) is 6.60. The Hall–Kier alpha value is -3.32. The second kappa shape index (κ2) is 6.93. The van der Waals surface area contributed by atoms with Gasteiger partial charge in [0.15, 0.2) is 0 Å². The molecule has 3 aromatic carbocycles. The molecule has 1 heterocycles. The Labute approximate surface area is 164 Å². The van der Waals surface area contributed by atoms with Crippen molar-refractivity contribution in [3.8, 4) is 11.4 Å². The van der Waals surface area contributed by atoms with E-state index in [0.717, 1.165) is 5.69 Å². The fourth-order valence-corrected chi connectivity index (χ4v) is 3.36. The smallest absolute Gasteiger partial charge is 0.425 e. The first kappa shape index (κ1) is 19.0. The number of fused-ring (bicyclic) bond motifs is 1. The van der Waals surface area contributed by atoms with Crippen LogP contribution in [0.5, 0.6) is 5.75 Å². The molecule has 0 fully saturated rings. The number of alkyl halides is 3. The van der Waals surface area contributed by atoms with Crippen LogP contribution < -0.4 is 4.74 Å². The van der Waals surface area contributed by atoms with E-state index in [9.17, 15) is 18.3 Å². The molecule has 4 aromatic rings. The Kier molecular flexibility index (Phi) is 4.55. The minimum absolute atomic E-state index is 0.282. The number of halogens is 3. The molecule has 1 unspecified atom stereocenters. The fraction of sp³-hybridized carbons (Fsp3) is 0.136. The van der Waals surface area contributed by atoms with Crippen LogP contribution in [0, 0.1) is 0 Å². The van der Waals surface area contributed by atoms with Gasteiger partial charge in [-0.15, -0.1) is 0 Å². The summed E-state index contributed by atoms with van der Waals surface area (Å²) in [6, 6.07) is 18.6. The lowest BCUT2D eigenvalue weighted by molar-refractivity contribution is -0.248. The number of aromatic nitrogens is 2. The Morgan fingerprint density at radius 2 is 1.55 bits per heavy atom. The van der Waals surface area contributed by atoms with Crippen LogP contribution in [0.4, 0.5) is 13.2 Å². The summed E-state index contributed by atoms with van der Waals surface area (Å²) in [5.41, 5.74) is -2.31. The van der Waals surface area contributed by atoms with Crippen molar-refractivity contribution < 1.29 is 23.0 Å². The molecule has 0 saturated heterocycles. The summed E-state index contributed by atoms with van der Waals surface area (Å²) in [4.78, 5) is 0. The predicted molar refractivity (Wildman–Crippen MR) is 103 cm³/mol. The average molecular weight is 398 g/mol. The highest BCUT2D eigenvalue weighted by atomic mass is 19.4. The topological polar surface area (TPSA) is 47.3 Å². The minimum Gasteiger partial charge on any atom is -0.497 e. The van der Waals surface area contributed by atoms with Crippen molar-refractivity contribution in [2.24, 2.45) is 0 Å². The van der Waals surface area contributed by atoms with E-state index in [-0.39, 0.29) is 11.1 Å². The van der Waals surface area contributed by atoms with Gasteiger partial charge >= 0.3 is 6.18 Å². The first-order valence-electron chi connectivity index (χ1n) is 8.82. The van der Waals surface area contributed by atoms with Gasteiger partial charge in [0.25, 0.3) is 0 Å². The maximum absolute atomic E-state index is 14.0. The van der Waals surface area contributed by atoms with Crippen molar-refractivity contribution in [1.29, 1.82) is 0 Å². The Morgan fingerprint density at radius 1 is 0.897 bits per heavy atom. The van der Waals surface area contributed by atoms with Gasteiger partial charge in [-0.1, -0.05) is 36.4 Å². The van der Waals surface area contributed by atoms with E-state index in [2.05, 4.69) is 5.10 Å². The van der Waals surface area contributed by atoms with Crippen molar-refractivity contribution in [3.63, 3.8) is 0 Å². The lowest BCUT2D eigenvalue weighted by Crippen LogP contribution is -2.43. The van der Waals surface area contributed by atoms with Crippen LogP contribution in [0.1, 0.15) is 11.1 Å². The van der Waals surface area contributed by atoms with Crippen LogP contribution in [0.3, 0.4) is 0 Å². The lowest BCUT2D eigenvalue weighted by atomic mass is 9.85. The summed E-state index contributed by atoms with van der Waals surface area (Å²) < 4.78 is 48.7. The molecule has 4 nitrogen and oxygen atoms in total. The molecule has 29 heavy (non-hydrogen) atoms. The summed E-state index contributed by atoms with van der Waals surface area (Å²) in [7, 11) is 1.42. The maximum Gasteiger partial charge on any atom is 0.425 e. The molecule has 0 spiro atoms. The molecule has 0 aliphatic carbocycles. The molecule has 0 radical (unpaired) electrons. The van der Waals surface area contributed by atoms with Gasteiger partial charge in [0.1, 0.15) is 5.75 Å². The third-order valence-electron chi connectivity index (χ3n) is 4.90. The monoisotopic (exact) mass is 398 g/mol. The molecule has 4 rings (SSSR count). The van der Waals surface area contributed by atoms with Crippen LogP contribution in [0.15, 0.2) is 79.0 Å². The lowest BCUT2D eigenvalue weighted by Gasteiger charge is -2.31. The first-order chi connectivity index (χ1) is 13.8. The zero-order valence-corrected chi connectivity index (χ0v) is 15.4. The number of rotatable bonds is 4. The third-order valence-corrected chi connectivity index (χ3v) is 4.90. The molecule has 1 aromatic heterocycles.